The Morgan fingerprint density at radius 2 is 2.00 bits per heavy atom. The van der Waals surface area contributed by atoms with E-state index in [2.05, 4.69) is 15.6 Å². The Bertz CT molecular complexity index is 1190. The summed E-state index contributed by atoms with van der Waals surface area (Å²) >= 11 is 0. The number of Topliss-reactive ketones (excluding diaryl/α,β-unsaturated/α-hetero) is 1. The van der Waals surface area contributed by atoms with Gasteiger partial charge >= 0.3 is 6.18 Å². The van der Waals surface area contributed by atoms with E-state index in [1.54, 1.807) is 11.7 Å². The standard InChI is InChI=1S/C24H23F3N4O3/c1-34-20-7-5-15(6-8-20)11-28-13-19(32)10-18-12-30-23(33)21-14-29-22(31(18)21)16-3-2-4-17(9-16)24(25,26)27/h2-9,14,18,28H,10-13H2,1H3,(H,30,33). The zero-order valence-electron chi connectivity index (χ0n) is 18.4. The SMILES string of the molecule is COc1ccc(CNCC(=O)CC2CNC(=O)c3cnc(-c4cccc(C(F)(F)F)c4)n32)cc1. The van der Waals surface area contributed by atoms with Gasteiger partial charge in [0.2, 0.25) is 0 Å². The Kier molecular flexibility index (Phi) is 6.69. The Hall–Kier alpha value is -3.66. The lowest BCUT2D eigenvalue weighted by molar-refractivity contribution is -0.137. The van der Waals surface area contributed by atoms with Crippen molar-refractivity contribution in [3.05, 3.63) is 71.5 Å². The maximum Gasteiger partial charge on any atom is 0.416 e. The molecule has 2 N–H and O–H groups in total. The van der Waals surface area contributed by atoms with Crippen molar-refractivity contribution in [2.75, 3.05) is 20.2 Å². The lowest BCUT2D eigenvalue weighted by atomic mass is 10.1. The summed E-state index contributed by atoms with van der Waals surface area (Å²) in [6.45, 7) is 0.778. The van der Waals surface area contributed by atoms with E-state index in [0.717, 1.165) is 23.4 Å². The van der Waals surface area contributed by atoms with E-state index >= 15 is 0 Å². The molecule has 34 heavy (non-hydrogen) atoms. The highest BCUT2D eigenvalue weighted by molar-refractivity contribution is 5.94. The summed E-state index contributed by atoms with van der Waals surface area (Å²) in [5, 5.41) is 5.82. The third-order valence-electron chi connectivity index (χ3n) is 5.61. The van der Waals surface area contributed by atoms with Gasteiger partial charge < -0.3 is 19.9 Å². The molecule has 1 aliphatic heterocycles. The number of carbonyl (C=O) groups is 2. The van der Waals surface area contributed by atoms with Gasteiger partial charge in [-0.25, -0.2) is 4.98 Å². The first kappa shape index (κ1) is 23.5. The van der Waals surface area contributed by atoms with E-state index in [-0.39, 0.29) is 48.3 Å². The summed E-state index contributed by atoms with van der Waals surface area (Å²) < 4.78 is 46.3. The molecule has 1 aromatic heterocycles. The first-order valence-corrected chi connectivity index (χ1v) is 10.6. The van der Waals surface area contributed by atoms with Crippen molar-refractivity contribution in [2.24, 2.45) is 0 Å². The summed E-state index contributed by atoms with van der Waals surface area (Å²) in [4.78, 5) is 29.2. The van der Waals surface area contributed by atoms with Gasteiger partial charge in [-0.3, -0.25) is 9.59 Å². The fraction of sp³-hybridized carbons (Fsp3) is 0.292. The van der Waals surface area contributed by atoms with Crippen LogP contribution in [0.25, 0.3) is 11.4 Å². The molecule has 2 heterocycles. The average Bonchev–Trinajstić information content (AvgIpc) is 3.27. The van der Waals surface area contributed by atoms with Crippen LogP contribution in [0.15, 0.2) is 54.7 Å². The van der Waals surface area contributed by atoms with Gasteiger partial charge in [0, 0.05) is 25.1 Å². The molecule has 1 aliphatic rings. The van der Waals surface area contributed by atoms with Gasteiger partial charge in [-0.1, -0.05) is 24.3 Å². The van der Waals surface area contributed by atoms with Crippen molar-refractivity contribution in [3.63, 3.8) is 0 Å². The van der Waals surface area contributed by atoms with E-state index in [1.807, 2.05) is 24.3 Å². The number of alkyl halides is 3. The van der Waals surface area contributed by atoms with Crippen LogP contribution in [0.5, 0.6) is 5.75 Å². The minimum Gasteiger partial charge on any atom is -0.497 e. The second-order valence-electron chi connectivity index (χ2n) is 7.97. The number of carbonyl (C=O) groups excluding carboxylic acids is 2. The van der Waals surface area contributed by atoms with Gasteiger partial charge in [0.15, 0.2) is 0 Å². The van der Waals surface area contributed by atoms with Crippen molar-refractivity contribution in [3.8, 4) is 17.1 Å². The molecule has 0 fully saturated rings. The summed E-state index contributed by atoms with van der Waals surface area (Å²) in [6, 6.07) is 11.8. The van der Waals surface area contributed by atoms with Crippen molar-refractivity contribution in [1.29, 1.82) is 0 Å². The Morgan fingerprint density at radius 3 is 2.71 bits per heavy atom. The predicted molar refractivity (Wildman–Crippen MR) is 118 cm³/mol. The number of fused-ring (bicyclic) bond motifs is 1. The molecule has 0 saturated carbocycles. The number of benzene rings is 2. The van der Waals surface area contributed by atoms with E-state index in [4.69, 9.17) is 4.74 Å². The number of imidazole rings is 1. The van der Waals surface area contributed by atoms with Gasteiger partial charge in [0.25, 0.3) is 5.91 Å². The first-order valence-electron chi connectivity index (χ1n) is 10.6. The minimum absolute atomic E-state index is 0.0885. The van der Waals surface area contributed by atoms with E-state index < -0.39 is 17.8 Å². The van der Waals surface area contributed by atoms with Crippen LogP contribution in [0.1, 0.15) is 34.1 Å². The van der Waals surface area contributed by atoms with Gasteiger partial charge in [0.1, 0.15) is 23.1 Å². The average molecular weight is 472 g/mol. The molecular formula is C24H23F3N4O3. The van der Waals surface area contributed by atoms with Gasteiger partial charge in [-0.05, 0) is 29.8 Å². The molecule has 0 spiro atoms. The quantitative estimate of drug-likeness (QED) is 0.523. The summed E-state index contributed by atoms with van der Waals surface area (Å²) in [5.41, 5.74) is 0.619. The number of ketones is 1. The number of hydrogen-bond acceptors (Lipinski definition) is 5. The summed E-state index contributed by atoms with van der Waals surface area (Å²) in [7, 11) is 1.59. The van der Waals surface area contributed by atoms with Crippen LogP contribution in [0.3, 0.4) is 0 Å². The van der Waals surface area contributed by atoms with Gasteiger partial charge in [-0.15, -0.1) is 0 Å². The number of rotatable bonds is 8. The maximum absolute atomic E-state index is 13.2. The highest BCUT2D eigenvalue weighted by atomic mass is 19.4. The zero-order valence-corrected chi connectivity index (χ0v) is 18.4. The molecule has 0 saturated heterocycles. The third-order valence-corrected chi connectivity index (χ3v) is 5.61. The topological polar surface area (TPSA) is 85.2 Å². The van der Waals surface area contributed by atoms with Crippen molar-refractivity contribution < 1.29 is 27.5 Å². The van der Waals surface area contributed by atoms with Crippen molar-refractivity contribution in [1.82, 2.24) is 20.2 Å². The smallest absolute Gasteiger partial charge is 0.416 e. The Labute approximate surface area is 193 Å². The highest BCUT2D eigenvalue weighted by Crippen LogP contribution is 2.34. The lowest BCUT2D eigenvalue weighted by Crippen LogP contribution is -2.40. The minimum atomic E-state index is -4.50. The number of amides is 1. The molecule has 0 radical (unpaired) electrons. The van der Waals surface area contributed by atoms with Crippen LogP contribution >= 0.6 is 0 Å². The number of methoxy groups -OCH3 is 1. The first-order chi connectivity index (χ1) is 16.3. The highest BCUT2D eigenvalue weighted by Gasteiger charge is 2.33. The predicted octanol–water partition coefficient (Wildman–Crippen LogP) is 3.61. The molecule has 7 nitrogen and oxygen atoms in total. The van der Waals surface area contributed by atoms with E-state index in [1.165, 1.54) is 18.3 Å². The summed E-state index contributed by atoms with van der Waals surface area (Å²) in [6.07, 6.45) is -3.09. The molecule has 1 unspecified atom stereocenters. The van der Waals surface area contributed by atoms with Gasteiger partial charge in [0.05, 0.1) is 31.5 Å². The second-order valence-corrected chi connectivity index (χ2v) is 7.97. The van der Waals surface area contributed by atoms with Crippen molar-refractivity contribution in [2.45, 2.75) is 25.2 Å². The lowest BCUT2D eigenvalue weighted by Gasteiger charge is -2.27. The van der Waals surface area contributed by atoms with Crippen LogP contribution in [-0.2, 0) is 17.5 Å². The molecule has 10 heteroatoms. The number of nitrogens with one attached hydrogen (secondary N) is 2. The molecule has 178 valence electrons. The number of nitrogens with zero attached hydrogens (tertiary/aromatic N) is 2. The van der Waals surface area contributed by atoms with Crippen LogP contribution in [0, 0.1) is 0 Å². The Balaban J connectivity index is 1.47. The van der Waals surface area contributed by atoms with E-state index in [0.29, 0.717) is 6.54 Å². The van der Waals surface area contributed by atoms with Crippen molar-refractivity contribution >= 4 is 11.7 Å². The largest absolute Gasteiger partial charge is 0.497 e. The molecular weight excluding hydrogens is 449 g/mol. The molecule has 4 rings (SSSR count). The summed E-state index contributed by atoms with van der Waals surface area (Å²) in [5.74, 6) is 0.489. The molecule has 0 aliphatic carbocycles. The number of halogens is 3. The van der Waals surface area contributed by atoms with Crippen LogP contribution in [0.4, 0.5) is 13.2 Å². The van der Waals surface area contributed by atoms with E-state index in [9.17, 15) is 22.8 Å². The van der Waals surface area contributed by atoms with Gasteiger partial charge in [-0.2, -0.15) is 13.2 Å². The number of hydrogen-bond donors (Lipinski definition) is 2. The Morgan fingerprint density at radius 1 is 1.24 bits per heavy atom. The normalized spacial score (nSPS) is 15.5. The molecule has 1 amide bonds. The monoisotopic (exact) mass is 472 g/mol. The third kappa shape index (κ3) is 5.12. The molecule has 1 atom stereocenters. The second kappa shape index (κ2) is 9.68. The number of aromatic nitrogens is 2. The fourth-order valence-corrected chi connectivity index (χ4v) is 3.93. The van der Waals surface area contributed by atoms with Crippen LogP contribution in [-0.4, -0.2) is 41.4 Å². The number of ether oxygens (including phenoxy) is 1. The molecule has 3 aromatic rings. The van der Waals surface area contributed by atoms with Crippen LogP contribution in [0.2, 0.25) is 0 Å². The molecule has 0 bridgehead atoms. The fourth-order valence-electron chi connectivity index (χ4n) is 3.93. The maximum atomic E-state index is 13.2. The van der Waals surface area contributed by atoms with Crippen LogP contribution < -0.4 is 15.4 Å². The molecule has 2 aromatic carbocycles. The zero-order chi connectivity index (χ0) is 24.3.